The van der Waals surface area contributed by atoms with Gasteiger partial charge in [0, 0.05) is 17.5 Å². The number of ether oxygens (including phenoxy) is 1. The molecule has 2 nitrogen and oxygen atoms in total. The first-order valence-electron chi connectivity index (χ1n) is 5.72. The second-order valence-electron chi connectivity index (χ2n) is 4.26. The fourth-order valence-corrected chi connectivity index (χ4v) is 2.84. The van der Waals surface area contributed by atoms with Gasteiger partial charge in [-0.25, -0.2) is 0 Å². The van der Waals surface area contributed by atoms with Crippen molar-refractivity contribution in [3.63, 3.8) is 0 Å². The summed E-state index contributed by atoms with van der Waals surface area (Å²) >= 11 is 1.84. The van der Waals surface area contributed by atoms with Crippen LogP contribution in [0, 0.1) is 5.92 Å². The van der Waals surface area contributed by atoms with E-state index in [4.69, 9.17) is 10.5 Å². The molecule has 1 aromatic heterocycles. The average Bonchev–Trinajstić information content (AvgIpc) is 2.90. The topological polar surface area (TPSA) is 35.2 Å². The molecule has 1 saturated heterocycles. The summed E-state index contributed by atoms with van der Waals surface area (Å²) in [5.41, 5.74) is 6.14. The summed E-state index contributed by atoms with van der Waals surface area (Å²) in [7, 11) is 0. The van der Waals surface area contributed by atoms with Crippen molar-refractivity contribution in [2.75, 3.05) is 13.2 Å². The van der Waals surface area contributed by atoms with E-state index >= 15 is 0 Å². The lowest BCUT2D eigenvalue weighted by atomic mass is 9.95. The van der Waals surface area contributed by atoms with Crippen molar-refractivity contribution in [3.8, 4) is 0 Å². The highest BCUT2D eigenvalue weighted by atomic mass is 32.1. The van der Waals surface area contributed by atoms with Crippen LogP contribution in [0.5, 0.6) is 0 Å². The van der Waals surface area contributed by atoms with E-state index in [1.54, 1.807) is 0 Å². The van der Waals surface area contributed by atoms with Gasteiger partial charge in [-0.15, -0.1) is 11.3 Å². The molecule has 0 amide bonds. The van der Waals surface area contributed by atoms with Gasteiger partial charge in [0.15, 0.2) is 0 Å². The van der Waals surface area contributed by atoms with Crippen LogP contribution < -0.4 is 5.73 Å². The molecule has 15 heavy (non-hydrogen) atoms. The molecule has 1 aliphatic rings. The van der Waals surface area contributed by atoms with Crippen molar-refractivity contribution < 1.29 is 4.74 Å². The van der Waals surface area contributed by atoms with E-state index in [0.717, 1.165) is 26.1 Å². The Bertz CT molecular complexity index is 267. The molecule has 0 radical (unpaired) electrons. The monoisotopic (exact) mass is 225 g/mol. The number of thiophene rings is 1. The molecule has 84 valence electrons. The van der Waals surface area contributed by atoms with Gasteiger partial charge in [0.1, 0.15) is 0 Å². The molecule has 0 aliphatic carbocycles. The summed E-state index contributed by atoms with van der Waals surface area (Å²) in [6.45, 7) is 1.78. The molecule has 1 aliphatic heterocycles. The molecule has 2 atom stereocenters. The first-order chi connectivity index (χ1) is 7.36. The van der Waals surface area contributed by atoms with Crippen molar-refractivity contribution >= 4 is 11.3 Å². The highest BCUT2D eigenvalue weighted by molar-refractivity contribution is 7.09. The molecule has 2 heterocycles. The Labute approximate surface area is 95.4 Å². The van der Waals surface area contributed by atoms with Gasteiger partial charge in [-0.05, 0) is 43.0 Å². The maximum absolute atomic E-state index is 6.14. The predicted molar refractivity (Wildman–Crippen MR) is 64.2 cm³/mol. The van der Waals surface area contributed by atoms with E-state index in [1.165, 1.54) is 17.7 Å². The van der Waals surface area contributed by atoms with Crippen LogP contribution >= 0.6 is 11.3 Å². The number of hydrogen-bond acceptors (Lipinski definition) is 3. The quantitative estimate of drug-likeness (QED) is 0.835. The van der Waals surface area contributed by atoms with Crippen LogP contribution in [0.3, 0.4) is 0 Å². The third-order valence-corrected chi connectivity index (χ3v) is 4.05. The molecule has 2 N–H and O–H groups in total. The summed E-state index contributed by atoms with van der Waals surface area (Å²) in [6.07, 6.45) is 4.67. The van der Waals surface area contributed by atoms with Crippen molar-refractivity contribution in [3.05, 3.63) is 22.4 Å². The standard InChI is InChI=1S/C12H19NOS/c13-12(10-6-7-14-9-10)5-1-3-11-4-2-8-15-11/h2,4,8,10,12H,1,3,5-7,9,13H2. The Morgan fingerprint density at radius 3 is 3.20 bits per heavy atom. The second-order valence-corrected chi connectivity index (χ2v) is 5.29. The SMILES string of the molecule is NC(CCCc1cccs1)C1CCOC1. The molecule has 2 unspecified atom stereocenters. The Kier molecular flexibility index (Phi) is 4.18. The van der Waals surface area contributed by atoms with Crippen LogP contribution in [0.15, 0.2) is 17.5 Å². The van der Waals surface area contributed by atoms with Crippen LogP contribution in [0.4, 0.5) is 0 Å². The fraction of sp³-hybridized carbons (Fsp3) is 0.667. The van der Waals surface area contributed by atoms with E-state index < -0.39 is 0 Å². The van der Waals surface area contributed by atoms with E-state index in [1.807, 2.05) is 11.3 Å². The number of hydrogen-bond donors (Lipinski definition) is 1. The number of aryl methyl sites for hydroxylation is 1. The average molecular weight is 225 g/mol. The minimum atomic E-state index is 0.340. The summed E-state index contributed by atoms with van der Waals surface area (Å²) in [5.74, 6) is 0.605. The highest BCUT2D eigenvalue weighted by Crippen LogP contribution is 2.20. The maximum atomic E-state index is 6.14. The van der Waals surface area contributed by atoms with Gasteiger partial charge in [0.25, 0.3) is 0 Å². The van der Waals surface area contributed by atoms with Crippen LogP contribution in [-0.2, 0) is 11.2 Å². The largest absolute Gasteiger partial charge is 0.381 e. The molecule has 0 spiro atoms. The summed E-state index contributed by atoms with van der Waals surface area (Å²) in [5, 5.41) is 2.14. The van der Waals surface area contributed by atoms with Crippen molar-refractivity contribution in [2.45, 2.75) is 31.7 Å². The van der Waals surface area contributed by atoms with Gasteiger partial charge in [0.05, 0.1) is 6.61 Å². The van der Waals surface area contributed by atoms with Crippen LogP contribution in [-0.4, -0.2) is 19.3 Å². The first-order valence-corrected chi connectivity index (χ1v) is 6.60. The van der Waals surface area contributed by atoms with Crippen LogP contribution in [0.25, 0.3) is 0 Å². The van der Waals surface area contributed by atoms with E-state index in [-0.39, 0.29) is 0 Å². The molecule has 0 aromatic carbocycles. The van der Waals surface area contributed by atoms with Crippen molar-refractivity contribution in [1.29, 1.82) is 0 Å². The zero-order chi connectivity index (χ0) is 10.5. The first kappa shape index (κ1) is 11.1. The summed E-state index contributed by atoms with van der Waals surface area (Å²) in [4.78, 5) is 1.48. The van der Waals surface area contributed by atoms with Gasteiger partial charge in [0.2, 0.25) is 0 Å². The maximum Gasteiger partial charge on any atom is 0.0509 e. The molecular formula is C12H19NOS. The smallest absolute Gasteiger partial charge is 0.0509 e. The molecule has 0 bridgehead atoms. The molecule has 1 aromatic rings. The zero-order valence-corrected chi connectivity index (χ0v) is 9.84. The zero-order valence-electron chi connectivity index (χ0n) is 9.02. The molecule has 1 fully saturated rings. The van der Waals surface area contributed by atoms with E-state index in [2.05, 4.69) is 17.5 Å². The second kappa shape index (κ2) is 5.64. The number of rotatable bonds is 5. The van der Waals surface area contributed by atoms with Crippen LogP contribution in [0.1, 0.15) is 24.1 Å². The fourth-order valence-electron chi connectivity index (χ4n) is 2.09. The van der Waals surface area contributed by atoms with Crippen molar-refractivity contribution in [2.24, 2.45) is 11.7 Å². The third kappa shape index (κ3) is 3.30. The third-order valence-electron chi connectivity index (χ3n) is 3.11. The minimum absolute atomic E-state index is 0.340. The van der Waals surface area contributed by atoms with Gasteiger partial charge in [-0.3, -0.25) is 0 Å². The van der Waals surface area contributed by atoms with Gasteiger partial charge < -0.3 is 10.5 Å². The Morgan fingerprint density at radius 2 is 2.53 bits per heavy atom. The van der Waals surface area contributed by atoms with Gasteiger partial charge in [-0.1, -0.05) is 6.07 Å². The normalized spacial score (nSPS) is 23.1. The minimum Gasteiger partial charge on any atom is -0.381 e. The highest BCUT2D eigenvalue weighted by Gasteiger charge is 2.22. The van der Waals surface area contributed by atoms with Gasteiger partial charge in [-0.2, -0.15) is 0 Å². The lowest BCUT2D eigenvalue weighted by Crippen LogP contribution is -2.30. The Balaban J connectivity index is 1.64. The summed E-state index contributed by atoms with van der Waals surface area (Å²) < 4.78 is 5.35. The lowest BCUT2D eigenvalue weighted by Gasteiger charge is -2.16. The van der Waals surface area contributed by atoms with E-state index in [0.29, 0.717) is 12.0 Å². The van der Waals surface area contributed by atoms with E-state index in [9.17, 15) is 0 Å². The summed E-state index contributed by atoms with van der Waals surface area (Å²) in [6, 6.07) is 4.66. The molecule has 0 saturated carbocycles. The number of nitrogens with two attached hydrogens (primary N) is 1. The molecular weight excluding hydrogens is 206 g/mol. The van der Waals surface area contributed by atoms with Crippen molar-refractivity contribution in [1.82, 2.24) is 0 Å². The molecule has 3 heteroatoms. The van der Waals surface area contributed by atoms with Crippen LogP contribution in [0.2, 0.25) is 0 Å². The Hall–Kier alpha value is -0.380. The Morgan fingerprint density at radius 1 is 1.60 bits per heavy atom. The lowest BCUT2D eigenvalue weighted by molar-refractivity contribution is 0.179. The van der Waals surface area contributed by atoms with Gasteiger partial charge >= 0.3 is 0 Å². The predicted octanol–water partition coefficient (Wildman–Crippen LogP) is 2.43. The molecule has 2 rings (SSSR count).